The molecule has 2 fully saturated rings. The van der Waals surface area contributed by atoms with Gasteiger partial charge in [-0.2, -0.15) is 10.1 Å². The molecule has 164 valence electrons. The molecule has 1 heterocycles. The van der Waals surface area contributed by atoms with E-state index < -0.39 is 11.7 Å². The standard InChI is InChI=1S/C22H26F2N6O/c23-16-10-8-14(9-11-16)19-13-20(30(25)29-19)27-22(26-18-6-1-2-7-18)28-21(31)15-4-3-5-17(24)12-15/h3-5,8-12,18-20,29H,1-2,6-7,13,25H2,(H2,26,27,28,31). The van der Waals surface area contributed by atoms with E-state index in [1.165, 1.54) is 35.4 Å². The zero-order chi connectivity index (χ0) is 21.8. The monoisotopic (exact) mass is 428 g/mol. The zero-order valence-electron chi connectivity index (χ0n) is 17.0. The average molecular weight is 428 g/mol. The van der Waals surface area contributed by atoms with Gasteiger partial charge >= 0.3 is 0 Å². The molecule has 0 spiro atoms. The first-order valence-electron chi connectivity index (χ1n) is 10.4. The largest absolute Gasteiger partial charge is 0.353 e. The van der Waals surface area contributed by atoms with Crippen LogP contribution in [0, 0.1) is 11.6 Å². The first-order valence-corrected chi connectivity index (χ1v) is 10.4. The van der Waals surface area contributed by atoms with Crippen LogP contribution in [0.2, 0.25) is 0 Å². The summed E-state index contributed by atoms with van der Waals surface area (Å²) in [4.78, 5) is 16.8. The highest BCUT2D eigenvalue weighted by Gasteiger charge is 2.32. The van der Waals surface area contributed by atoms with Crippen molar-refractivity contribution in [3.05, 3.63) is 71.3 Å². The van der Waals surface area contributed by atoms with Crippen LogP contribution in [0.15, 0.2) is 53.5 Å². The average Bonchev–Trinajstić information content (AvgIpc) is 3.38. The highest BCUT2D eigenvalue weighted by Crippen LogP contribution is 2.25. The normalized spacial score (nSPS) is 22.6. The van der Waals surface area contributed by atoms with Crippen LogP contribution in [0.1, 0.15) is 54.1 Å². The Morgan fingerprint density at radius 1 is 1.06 bits per heavy atom. The second-order valence-electron chi connectivity index (χ2n) is 7.94. The maximum atomic E-state index is 13.5. The van der Waals surface area contributed by atoms with E-state index in [-0.39, 0.29) is 29.6 Å². The van der Waals surface area contributed by atoms with E-state index in [0.29, 0.717) is 12.4 Å². The number of aliphatic imine (C=N–C) groups is 1. The Hall–Kier alpha value is -2.88. The van der Waals surface area contributed by atoms with E-state index in [1.54, 1.807) is 12.1 Å². The van der Waals surface area contributed by atoms with Gasteiger partial charge in [-0.15, -0.1) is 0 Å². The lowest BCUT2D eigenvalue weighted by atomic mass is 10.0. The van der Waals surface area contributed by atoms with Crippen molar-refractivity contribution in [2.75, 3.05) is 0 Å². The molecule has 9 heteroatoms. The van der Waals surface area contributed by atoms with Crippen LogP contribution in [0.5, 0.6) is 0 Å². The third-order valence-electron chi connectivity index (χ3n) is 5.66. The van der Waals surface area contributed by atoms with Crippen molar-refractivity contribution in [3.8, 4) is 0 Å². The van der Waals surface area contributed by atoms with Crippen LogP contribution in [-0.4, -0.2) is 29.2 Å². The third-order valence-corrected chi connectivity index (χ3v) is 5.66. The lowest BCUT2D eigenvalue weighted by molar-refractivity contribution is 0.100. The van der Waals surface area contributed by atoms with Crippen LogP contribution in [0.3, 0.4) is 0 Å². The smallest absolute Gasteiger partial charge is 0.280 e. The number of guanidine groups is 1. The molecule has 2 unspecified atom stereocenters. The molecule has 1 aliphatic heterocycles. The number of hydrogen-bond acceptors (Lipinski definition) is 4. The van der Waals surface area contributed by atoms with Crippen LogP contribution >= 0.6 is 0 Å². The fourth-order valence-electron chi connectivity index (χ4n) is 4.01. The number of rotatable bonds is 4. The van der Waals surface area contributed by atoms with Gasteiger partial charge < -0.3 is 10.6 Å². The van der Waals surface area contributed by atoms with Crippen LogP contribution in [-0.2, 0) is 0 Å². The molecular formula is C22H26F2N6O. The van der Waals surface area contributed by atoms with Gasteiger partial charge in [0.15, 0.2) is 0 Å². The Balaban J connectivity index is 1.50. The number of benzene rings is 2. The minimum atomic E-state index is -0.544. The highest BCUT2D eigenvalue weighted by molar-refractivity contribution is 6.02. The van der Waals surface area contributed by atoms with Crippen molar-refractivity contribution in [3.63, 3.8) is 0 Å². The summed E-state index contributed by atoms with van der Waals surface area (Å²) in [6.45, 7) is 0. The topological polar surface area (TPSA) is 94.8 Å². The number of nitrogens with zero attached hydrogens (tertiary/aromatic N) is 2. The Bertz CT molecular complexity index is 945. The third kappa shape index (κ3) is 5.43. The maximum Gasteiger partial charge on any atom is 0.280 e. The fraction of sp³-hybridized carbons (Fsp3) is 0.364. The molecule has 1 saturated heterocycles. The van der Waals surface area contributed by atoms with E-state index in [2.05, 4.69) is 21.1 Å². The van der Waals surface area contributed by atoms with Gasteiger partial charge in [0.2, 0.25) is 5.96 Å². The number of hydrogen-bond donors (Lipinski definition) is 4. The number of nitrogens with one attached hydrogen (secondary N) is 3. The van der Waals surface area contributed by atoms with Gasteiger partial charge in [-0.1, -0.05) is 31.0 Å². The quantitative estimate of drug-likeness (QED) is 0.340. The Kier molecular flexibility index (Phi) is 6.55. The summed E-state index contributed by atoms with van der Waals surface area (Å²) >= 11 is 0. The first kappa shape index (κ1) is 21.4. The molecule has 2 aromatic rings. The molecule has 1 aliphatic carbocycles. The molecule has 2 atom stereocenters. The second-order valence-corrected chi connectivity index (χ2v) is 7.94. The van der Waals surface area contributed by atoms with Gasteiger partial charge in [0, 0.05) is 18.0 Å². The summed E-state index contributed by atoms with van der Waals surface area (Å²) < 4.78 is 26.7. The molecule has 5 N–H and O–H groups in total. The molecule has 31 heavy (non-hydrogen) atoms. The van der Waals surface area contributed by atoms with E-state index in [1.807, 2.05) is 0 Å². The van der Waals surface area contributed by atoms with Crippen molar-refractivity contribution in [2.24, 2.45) is 10.8 Å². The van der Waals surface area contributed by atoms with Crippen LogP contribution in [0.4, 0.5) is 8.78 Å². The van der Waals surface area contributed by atoms with Gasteiger partial charge in [-0.3, -0.25) is 10.6 Å². The van der Waals surface area contributed by atoms with Crippen molar-refractivity contribution in [1.82, 2.24) is 21.2 Å². The van der Waals surface area contributed by atoms with Gasteiger partial charge in [0.1, 0.15) is 17.8 Å². The van der Waals surface area contributed by atoms with E-state index in [4.69, 9.17) is 5.84 Å². The van der Waals surface area contributed by atoms with Gasteiger partial charge in [0.05, 0.1) is 6.04 Å². The molecule has 2 aliphatic rings. The zero-order valence-corrected chi connectivity index (χ0v) is 17.0. The number of carbonyl (C=O) groups excluding carboxylic acids is 1. The summed E-state index contributed by atoms with van der Waals surface area (Å²) in [5.41, 5.74) is 4.21. The summed E-state index contributed by atoms with van der Waals surface area (Å²) in [6.07, 6.45) is 4.42. The Morgan fingerprint density at radius 2 is 1.81 bits per heavy atom. The van der Waals surface area contributed by atoms with Crippen molar-refractivity contribution >= 4 is 11.9 Å². The molecule has 4 rings (SSSR count). The van der Waals surface area contributed by atoms with E-state index in [9.17, 15) is 13.6 Å². The molecule has 1 amide bonds. The number of carbonyl (C=O) groups is 1. The second kappa shape index (κ2) is 9.51. The number of nitrogens with two attached hydrogens (primary N) is 1. The minimum Gasteiger partial charge on any atom is -0.353 e. The summed E-state index contributed by atoms with van der Waals surface area (Å²) in [7, 11) is 0. The molecule has 1 saturated carbocycles. The van der Waals surface area contributed by atoms with Crippen molar-refractivity contribution in [2.45, 2.75) is 50.4 Å². The molecule has 7 nitrogen and oxygen atoms in total. The Labute approximate surface area is 179 Å². The first-order chi connectivity index (χ1) is 15.0. The Morgan fingerprint density at radius 3 is 2.52 bits per heavy atom. The predicted molar refractivity (Wildman–Crippen MR) is 113 cm³/mol. The number of hydrazine groups is 2. The molecule has 0 radical (unpaired) electrons. The number of amides is 1. The molecule has 0 bridgehead atoms. The van der Waals surface area contributed by atoms with Gasteiger partial charge in [-0.05, 0) is 48.7 Å². The van der Waals surface area contributed by atoms with Crippen LogP contribution < -0.4 is 21.9 Å². The molecule has 2 aromatic carbocycles. The van der Waals surface area contributed by atoms with E-state index in [0.717, 1.165) is 37.3 Å². The minimum absolute atomic E-state index is 0.116. The summed E-state index contributed by atoms with van der Waals surface area (Å²) in [5.74, 6) is 5.10. The summed E-state index contributed by atoms with van der Waals surface area (Å²) in [5, 5.41) is 7.94. The molecule has 0 aromatic heterocycles. The van der Waals surface area contributed by atoms with Crippen molar-refractivity contribution < 1.29 is 13.6 Å². The lowest BCUT2D eigenvalue weighted by Gasteiger charge is -2.24. The highest BCUT2D eigenvalue weighted by atomic mass is 19.1. The number of halogens is 2. The summed E-state index contributed by atoms with van der Waals surface area (Å²) in [6, 6.07) is 11.8. The SMILES string of the molecule is NN1NC(c2ccc(F)cc2)CC1N/C(=N\C(=O)c1cccc(F)c1)NC1CCCC1. The fourth-order valence-corrected chi connectivity index (χ4v) is 4.01. The van der Waals surface area contributed by atoms with Crippen LogP contribution in [0.25, 0.3) is 0 Å². The molecular weight excluding hydrogens is 402 g/mol. The van der Waals surface area contributed by atoms with E-state index >= 15 is 0 Å². The predicted octanol–water partition coefficient (Wildman–Crippen LogP) is 2.73. The maximum absolute atomic E-state index is 13.5. The van der Waals surface area contributed by atoms with Gasteiger partial charge in [-0.25, -0.2) is 14.2 Å². The van der Waals surface area contributed by atoms with Gasteiger partial charge in [0.25, 0.3) is 5.91 Å². The van der Waals surface area contributed by atoms with Crippen molar-refractivity contribution in [1.29, 1.82) is 0 Å². The lowest BCUT2D eigenvalue weighted by Crippen LogP contribution is -2.55.